The highest BCUT2D eigenvalue weighted by Gasteiger charge is 2.22. The van der Waals surface area contributed by atoms with Crippen LogP contribution in [-0.4, -0.2) is 35.7 Å². The fourth-order valence-electron chi connectivity index (χ4n) is 2.08. The van der Waals surface area contributed by atoms with E-state index in [1.165, 1.54) is 25.3 Å². The minimum atomic E-state index is -0.920. The molecular formula is C16H20N2O6. The maximum atomic E-state index is 12.1. The van der Waals surface area contributed by atoms with Gasteiger partial charge in [0.1, 0.15) is 11.8 Å². The van der Waals surface area contributed by atoms with E-state index in [0.717, 1.165) is 0 Å². The molecule has 1 rings (SSSR count). The summed E-state index contributed by atoms with van der Waals surface area (Å²) in [5.74, 6) is -1.13. The molecule has 0 unspecified atom stereocenters. The Kier molecular flexibility index (Phi) is 7.54. The van der Waals surface area contributed by atoms with Crippen LogP contribution in [0.2, 0.25) is 0 Å². The van der Waals surface area contributed by atoms with E-state index < -0.39 is 22.8 Å². The number of carbonyl (C=O) groups is 3. The Hall–Kier alpha value is -2.77. The molecule has 0 spiro atoms. The number of non-ortho nitro benzene ring substituents is 1. The Morgan fingerprint density at radius 1 is 1.33 bits per heavy atom. The molecule has 0 radical (unpaired) electrons. The van der Waals surface area contributed by atoms with Gasteiger partial charge in [0.05, 0.1) is 18.5 Å². The first kappa shape index (κ1) is 19.3. The first-order valence-corrected chi connectivity index (χ1v) is 7.49. The molecule has 0 saturated heterocycles. The van der Waals surface area contributed by atoms with Gasteiger partial charge in [-0.1, -0.05) is 19.1 Å². The molecule has 1 atom stereocenters. The Morgan fingerprint density at radius 3 is 2.62 bits per heavy atom. The third-order valence-electron chi connectivity index (χ3n) is 3.41. The lowest BCUT2D eigenvalue weighted by Gasteiger charge is -2.16. The van der Waals surface area contributed by atoms with Crippen LogP contribution in [-0.2, 0) is 25.5 Å². The minimum absolute atomic E-state index is 0.0168. The number of ketones is 1. The number of benzene rings is 1. The number of nitro groups is 1. The highest BCUT2D eigenvalue weighted by atomic mass is 16.6. The molecule has 130 valence electrons. The molecule has 0 aliphatic heterocycles. The van der Waals surface area contributed by atoms with E-state index in [9.17, 15) is 24.5 Å². The summed E-state index contributed by atoms with van der Waals surface area (Å²) in [6.45, 7) is 1.72. The zero-order valence-electron chi connectivity index (χ0n) is 13.6. The van der Waals surface area contributed by atoms with Crippen molar-refractivity contribution < 1.29 is 24.0 Å². The summed E-state index contributed by atoms with van der Waals surface area (Å²) in [7, 11) is 1.20. The number of hydrogen-bond donors (Lipinski definition) is 1. The van der Waals surface area contributed by atoms with Crippen molar-refractivity contribution in [1.82, 2.24) is 5.32 Å². The topological polar surface area (TPSA) is 116 Å². The first-order chi connectivity index (χ1) is 11.4. The summed E-state index contributed by atoms with van der Waals surface area (Å²) in [6, 6.07) is 4.78. The van der Waals surface area contributed by atoms with Gasteiger partial charge in [-0.3, -0.25) is 19.7 Å². The molecule has 0 aliphatic rings. The fourth-order valence-corrected chi connectivity index (χ4v) is 2.08. The zero-order chi connectivity index (χ0) is 18.1. The van der Waals surface area contributed by atoms with Crippen LogP contribution in [0.5, 0.6) is 0 Å². The SMILES string of the molecule is CCC(=O)CC[C@@H](NC(=O)Cc1cccc([N+](=O)[O-])c1)C(=O)OC. The van der Waals surface area contributed by atoms with Gasteiger partial charge in [0.25, 0.3) is 5.69 Å². The molecule has 1 amide bonds. The Labute approximate surface area is 139 Å². The highest BCUT2D eigenvalue weighted by molar-refractivity contribution is 5.86. The van der Waals surface area contributed by atoms with Crippen LogP contribution < -0.4 is 5.32 Å². The van der Waals surface area contributed by atoms with Crippen molar-refractivity contribution >= 4 is 23.3 Å². The van der Waals surface area contributed by atoms with E-state index in [1.807, 2.05) is 0 Å². The van der Waals surface area contributed by atoms with Crippen molar-refractivity contribution in [2.24, 2.45) is 0 Å². The molecular weight excluding hydrogens is 316 g/mol. The number of carbonyl (C=O) groups excluding carboxylic acids is 3. The number of amides is 1. The van der Waals surface area contributed by atoms with Crippen LogP contribution in [0.1, 0.15) is 31.7 Å². The lowest BCUT2D eigenvalue weighted by Crippen LogP contribution is -2.42. The number of Topliss-reactive ketones (excluding diaryl/α,β-unsaturated/α-hetero) is 1. The molecule has 0 saturated carbocycles. The Morgan fingerprint density at radius 2 is 2.04 bits per heavy atom. The Balaban J connectivity index is 2.70. The molecule has 24 heavy (non-hydrogen) atoms. The summed E-state index contributed by atoms with van der Waals surface area (Å²) in [4.78, 5) is 45.3. The smallest absolute Gasteiger partial charge is 0.328 e. The van der Waals surface area contributed by atoms with Gasteiger partial charge >= 0.3 is 5.97 Å². The van der Waals surface area contributed by atoms with Crippen LogP contribution in [0.15, 0.2) is 24.3 Å². The number of nitrogens with one attached hydrogen (secondary N) is 1. The van der Waals surface area contributed by atoms with Gasteiger partial charge in [0.15, 0.2) is 0 Å². The minimum Gasteiger partial charge on any atom is -0.467 e. The number of ether oxygens (including phenoxy) is 1. The maximum Gasteiger partial charge on any atom is 0.328 e. The van der Waals surface area contributed by atoms with Gasteiger partial charge in [-0.2, -0.15) is 0 Å². The van der Waals surface area contributed by atoms with E-state index in [-0.39, 0.29) is 30.7 Å². The molecule has 8 nitrogen and oxygen atoms in total. The van der Waals surface area contributed by atoms with Crippen molar-refractivity contribution in [1.29, 1.82) is 0 Å². The van der Waals surface area contributed by atoms with Crippen LogP contribution in [0.25, 0.3) is 0 Å². The standard InChI is InChI=1S/C16H20N2O6/c1-3-13(19)7-8-14(16(21)24-2)17-15(20)10-11-5-4-6-12(9-11)18(22)23/h4-6,9,14H,3,7-8,10H2,1-2H3,(H,17,20)/t14-/m1/s1. The molecule has 0 fully saturated rings. The molecule has 0 aliphatic carbocycles. The van der Waals surface area contributed by atoms with Crippen LogP contribution in [0.3, 0.4) is 0 Å². The summed E-state index contributed by atoms with van der Waals surface area (Å²) in [5.41, 5.74) is 0.341. The molecule has 0 heterocycles. The molecule has 0 aromatic heterocycles. The van der Waals surface area contributed by atoms with Gasteiger partial charge in [0, 0.05) is 25.0 Å². The largest absolute Gasteiger partial charge is 0.467 e. The summed E-state index contributed by atoms with van der Waals surface area (Å²) < 4.78 is 4.63. The summed E-state index contributed by atoms with van der Waals surface area (Å²) in [5, 5.41) is 13.2. The van der Waals surface area contributed by atoms with Gasteiger partial charge in [0.2, 0.25) is 5.91 Å². The summed E-state index contributed by atoms with van der Waals surface area (Å²) in [6.07, 6.45) is 0.555. The average Bonchev–Trinajstić information content (AvgIpc) is 2.57. The number of nitro benzene ring substituents is 1. The number of rotatable bonds is 9. The lowest BCUT2D eigenvalue weighted by atomic mass is 10.1. The van der Waals surface area contributed by atoms with Crippen LogP contribution in [0.4, 0.5) is 5.69 Å². The predicted octanol–water partition coefficient (Wildman–Crippen LogP) is 1.55. The van der Waals surface area contributed by atoms with Crippen molar-refractivity contribution in [3.8, 4) is 0 Å². The second kappa shape index (κ2) is 9.39. The number of esters is 1. The van der Waals surface area contributed by atoms with Crippen molar-refractivity contribution in [3.63, 3.8) is 0 Å². The lowest BCUT2D eigenvalue weighted by molar-refractivity contribution is -0.384. The number of hydrogen-bond acceptors (Lipinski definition) is 6. The van der Waals surface area contributed by atoms with Gasteiger partial charge in [-0.25, -0.2) is 4.79 Å². The van der Waals surface area contributed by atoms with Crippen LogP contribution in [0, 0.1) is 10.1 Å². The third-order valence-corrected chi connectivity index (χ3v) is 3.41. The third kappa shape index (κ3) is 6.15. The average molecular weight is 336 g/mol. The van der Waals surface area contributed by atoms with E-state index in [1.54, 1.807) is 13.0 Å². The van der Waals surface area contributed by atoms with Gasteiger partial charge in [-0.05, 0) is 12.0 Å². The second-order valence-electron chi connectivity index (χ2n) is 5.18. The van der Waals surface area contributed by atoms with Crippen molar-refractivity contribution in [2.45, 2.75) is 38.6 Å². The maximum absolute atomic E-state index is 12.1. The molecule has 1 aromatic carbocycles. The van der Waals surface area contributed by atoms with Gasteiger partial charge < -0.3 is 10.1 Å². The summed E-state index contributed by atoms with van der Waals surface area (Å²) >= 11 is 0. The van der Waals surface area contributed by atoms with Crippen molar-refractivity contribution in [2.75, 3.05) is 7.11 Å². The quantitative estimate of drug-likeness (QED) is 0.415. The second-order valence-corrected chi connectivity index (χ2v) is 5.18. The normalized spacial score (nSPS) is 11.4. The number of nitrogens with zero attached hydrogens (tertiary/aromatic N) is 1. The van der Waals surface area contributed by atoms with Crippen LogP contribution >= 0.6 is 0 Å². The predicted molar refractivity (Wildman–Crippen MR) is 85.3 cm³/mol. The molecule has 1 aromatic rings. The molecule has 8 heteroatoms. The van der Waals surface area contributed by atoms with E-state index >= 15 is 0 Å². The fraction of sp³-hybridized carbons (Fsp3) is 0.438. The molecule has 1 N–H and O–H groups in total. The zero-order valence-corrected chi connectivity index (χ0v) is 13.6. The number of methoxy groups -OCH3 is 1. The van der Waals surface area contributed by atoms with E-state index in [0.29, 0.717) is 12.0 Å². The Bertz CT molecular complexity index is 629. The van der Waals surface area contributed by atoms with Gasteiger partial charge in [-0.15, -0.1) is 0 Å². The molecule has 0 bridgehead atoms. The van der Waals surface area contributed by atoms with E-state index in [4.69, 9.17) is 0 Å². The highest BCUT2D eigenvalue weighted by Crippen LogP contribution is 2.13. The van der Waals surface area contributed by atoms with Crippen molar-refractivity contribution in [3.05, 3.63) is 39.9 Å². The monoisotopic (exact) mass is 336 g/mol. The van der Waals surface area contributed by atoms with E-state index in [2.05, 4.69) is 10.1 Å². The first-order valence-electron chi connectivity index (χ1n) is 7.49.